The fourth-order valence-electron chi connectivity index (χ4n) is 3.62. The number of halogens is 1. The van der Waals surface area contributed by atoms with Gasteiger partial charge in [0.05, 0.1) is 7.11 Å². The molecule has 0 atom stereocenters. The SMILES string of the molecule is COc1cc(Cc2cnc(N)nc2N)cc2c1OC1(C=C2Br)CCNCC1. The zero-order chi connectivity index (χ0) is 19.0. The number of benzene rings is 1. The maximum atomic E-state index is 6.46. The molecule has 1 spiro atoms. The first kappa shape index (κ1) is 18.1. The molecular formula is C19H22BrN5O2. The highest BCUT2D eigenvalue weighted by Gasteiger charge is 2.37. The Labute approximate surface area is 166 Å². The predicted molar refractivity (Wildman–Crippen MR) is 109 cm³/mol. The Kier molecular flexibility index (Phi) is 4.69. The molecule has 0 bridgehead atoms. The third-order valence-corrected chi connectivity index (χ3v) is 5.70. The average Bonchev–Trinajstić information content (AvgIpc) is 2.65. The first-order valence-corrected chi connectivity index (χ1v) is 9.65. The molecular weight excluding hydrogens is 410 g/mol. The minimum Gasteiger partial charge on any atom is -0.493 e. The van der Waals surface area contributed by atoms with Crippen molar-refractivity contribution in [3.8, 4) is 11.5 Å². The quantitative estimate of drug-likeness (QED) is 0.684. The molecule has 0 radical (unpaired) electrons. The van der Waals surface area contributed by atoms with Gasteiger partial charge in [-0.2, -0.15) is 4.98 Å². The van der Waals surface area contributed by atoms with E-state index in [1.807, 2.05) is 6.07 Å². The van der Waals surface area contributed by atoms with E-state index in [0.29, 0.717) is 18.0 Å². The number of anilines is 2. The van der Waals surface area contributed by atoms with Gasteiger partial charge in [0.25, 0.3) is 0 Å². The summed E-state index contributed by atoms with van der Waals surface area (Å²) >= 11 is 3.74. The molecule has 2 aromatic rings. The number of fused-ring (bicyclic) bond motifs is 1. The van der Waals surface area contributed by atoms with E-state index in [1.54, 1.807) is 13.3 Å². The van der Waals surface area contributed by atoms with Crippen molar-refractivity contribution in [3.05, 3.63) is 41.1 Å². The van der Waals surface area contributed by atoms with Gasteiger partial charge in [0, 0.05) is 41.1 Å². The number of nitrogens with two attached hydrogens (primary N) is 2. The molecule has 0 unspecified atom stereocenters. The molecule has 142 valence electrons. The molecule has 8 heteroatoms. The van der Waals surface area contributed by atoms with Gasteiger partial charge < -0.3 is 26.3 Å². The number of piperidine rings is 1. The fourth-order valence-corrected chi connectivity index (χ4v) is 4.34. The van der Waals surface area contributed by atoms with Crippen LogP contribution >= 0.6 is 15.9 Å². The lowest BCUT2D eigenvalue weighted by atomic mass is 9.88. The molecule has 1 aromatic heterocycles. The third kappa shape index (κ3) is 3.46. The first-order valence-electron chi connectivity index (χ1n) is 8.86. The van der Waals surface area contributed by atoms with Crippen LogP contribution in [0.1, 0.15) is 29.5 Å². The minimum absolute atomic E-state index is 0.172. The van der Waals surface area contributed by atoms with Crippen LogP contribution in [0.5, 0.6) is 11.5 Å². The van der Waals surface area contributed by atoms with Crippen molar-refractivity contribution in [2.24, 2.45) is 0 Å². The normalized spacial score (nSPS) is 17.8. The Morgan fingerprint density at radius 3 is 2.78 bits per heavy atom. The predicted octanol–water partition coefficient (Wildman–Crippen LogP) is 2.49. The first-order chi connectivity index (χ1) is 13.0. The van der Waals surface area contributed by atoms with E-state index in [9.17, 15) is 0 Å². The summed E-state index contributed by atoms with van der Waals surface area (Å²) in [5.74, 6) is 2.05. The number of ether oxygens (including phenoxy) is 2. The second kappa shape index (κ2) is 7.01. The molecule has 2 aliphatic heterocycles. The number of methoxy groups -OCH3 is 1. The Morgan fingerprint density at radius 2 is 2.07 bits per heavy atom. The lowest BCUT2D eigenvalue weighted by Crippen LogP contribution is -2.46. The summed E-state index contributed by atoms with van der Waals surface area (Å²) in [5, 5.41) is 3.38. The number of aromatic nitrogens is 2. The molecule has 27 heavy (non-hydrogen) atoms. The average molecular weight is 432 g/mol. The molecule has 1 aromatic carbocycles. The molecule has 7 nitrogen and oxygen atoms in total. The Morgan fingerprint density at radius 1 is 1.30 bits per heavy atom. The van der Waals surface area contributed by atoms with E-state index in [0.717, 1.165) is 52.9 Å². The summed E-state index contributed by atoms with van der Waals surface area (Å²) in [7, 11) is 1.66. The Balaban J connectivity index is 1.72. The van der Waals surface area contributed by atoms with Gasteiger partial charge in [-0.3, -0.25) is 0 Å². The molecule has 1 fully saturated rings. The van der Waals surface area contributed by atoms with Gasteiger partial charge >= 0.3 is 0 Å². The van der Waals surface area contributed by atoms with Gasteiger partial charge in [0.2, 0.25) is 5.95 Å². The molecule has 0 saturated carbocycles. The zero-order valence-electron chi connectivity index (χ0n) is 15.1. The molecule has 1 saturated heterocycles. The summed E-state index contributed by atoms with van der Waals surface area (Å²) in [6, 6.07) is 4.07. The van der Waals surface area contributed by atoms with Crippen LogP contribution in [0.25, 0.3) is 4.48 Å². The van der Waals surface area contributed by atoms with Crippen LogP contribution in [0, 0.1) is 0 Å². The van der Waals surface area contributed by atoms with Gasteiger partial charge in [-0.15, -0.1) is 0 Å². The summed E-state index contributed by atoms with van der Waals surface area (Å²) in [5.41, 5.74) is 14.1. The standard InChI is InChI=1S/C19H22BrN5O2/c1-26-15-8-11(6-12-10-24-18(22)25-17(12)21)7-13-14(20)9-19(27-16(13)15)2-4-23-5-3-19/h7-10,23H,2-6H2,1H3,(H4,21,22,24,25). The number of rotatable bonds is 3. The lowest BCUT2D eigenvalue weighted by Gasteiger charge is -2.39. The molecule has 3 heterocycles. The van der Waals surface area contributed by atoms with E-state index < -0.39 is 0 Å². The highest BCUT2D eigenvalue weighted by atomic mass is 79.9. The highest BCUT2D eigenvalue weighted by molar-refractivity contribution is 9.15. The Hall–Kier alpha value is -2.32. The summed E-state index contributed by atoms with van der Waals surface area (Å²) in [6.45, 7) is 1.87. The van der Waals surface area contributed by atoms with E-state index in [2.05, 4.69) is 43.4 Å². The van der Waals surface area contributed by atoms with Gasteiger partial charge in [-0.05, 0) is 36.9 Å². The lowest BCUT2D eigenvalue weighted by molar-refractivity contribution is 0.0785. The minimum atomic E-state index is -0.291. The van der Waals surface area contributed by atoms with Crippen molar-refractivity contribution in [2.75, 3.05) is 31.7 Å². The summed E-state index contributed by atoms with van der Waals surface area (Å²) in [6.07, 6.45) is 6.26. The number of hydrogen-bond acceptors (Lipinski definition) is 7. The third-order valence-electron chi connectivity index (χ3n) is 5.05. The number of nitrogen functional groups attached to an aromatic ring is 2. The molecule has 2 aliphatic rings. The van der Waals surface area contributed by atoms with Gasteiger partial charge in [-0.1, -0.05) is 15.9 Å². The van der Waals surface area contributed by atoms with Crippen LogP contribution in [0.15, 0.2) is 24.4 Å². The number of hydrogen-bond donors (Lipinski definition) is 3. The second-order valence-electron chi connectivity index (χ2n) is 6.90. The molecule has 4 rings (SSSR count). The van der Waals surface area contributed by atoms with Crippen LogP contribution in [-0.2, 0) is 6.42 Å². The van der Waals surface area contributed by atoms with Gasteiger partial charge in [0.15, 0.2) is 11.5 Å². The van der Waals surface area contributed by atoms with Crippen LogP contribution in [0.2, 0.25) is 0 Å². The van der Waals surface area contributed by atoms with E-state index in [-0.39, 0.29) is 11.5 Å². The van der Waals surface area contributed by atoms with Gasteiger partial charge in [0.1, 0.15) is 11.4 Å². The molecule has 0 aliphatic carbocycles. The van der Waals surface area contributed by atoms with Crippen molar-refractivity contribution < 1.29 is 9.47 Å². The van der Waals surface area contributed by atoms with E-state index >= 15 is 0 Å². The van der Waals surface area contributed by atoms with Crippen molar-refractivity contribution in [1.29, 1.82) is 0 Å². The maximum Gasteiger partial charge on any atom is 0.221 e. The zero-order valence-corrected chi connectivity index (χ0v) is 16.7. The Bertz CT molecular complexity index is 909. The topological polar surface area (TPSA) is 108 Å². The van der Waals surface area contributed by atoms with Crippen LogP contribution < -0.4 is 26.3 Å². The maximum absolute atomic E-state index is 6.46. The fraction of sp³-hybridized carbons (Fsp3) is 0.368. The summed E-state index contributed by atoms with van der Waals surface area (Å²) in [4.78, 5) is 8.08. The van der Waals surface area contributed by atoms with Crippen molar-refractivity contribution in [2.45, 2.75) is 24.9 Å². The second-order valence-corrected chi connectivity index (χ2v) is 7.75. The monoisotopic (exact) mass is 431 g/mol. The van der Waals surface area contributed by atoms with Crippen LogP contribution in [0.4, 0.5) is 11.8 Å². The van der Waals surface area contributed by atoms with Crippen molar-refractivity contribution >= 4 is 32.2 Å². The summed E-state index contributed by atoms with van der Waals surface area (Å²) < 4.78 is 13.1. The smallest absolute Gasteiger partial charge is 0.221 e. The van der Waals surface area contributed by atoms with Crippen molar-refractivity contribution in [3.63, 3.8) is 0 Å². The number of nitrogens with one attached hydrogen (secondary N) is 1. The van der Waals surface area contributed by atoms with E-state index in [4.69, 9.17) is 20.9 Å². The van der Waals surface area contributed by atoms with Crippen LogP contribution in [-0.4, -0.2) is 35.8 Å². The largest absolute Gasteiger partial charge is 0.493 e. The molecule has 0 amide bonds. The highest BCUT2D eigenvalue weighted by Crippen LogP contribution is 2.47. The number of nitrogens with zero attached hydrogens (tertiary/aromatic N) is 2. The van der Waals surface area contributed by atoms with Crippen LogP contribution in [0.3, 0.4) is 0 Å². The van der Waals surface area contributed by atoms with E-state index in [1.165, 1.54) is 0 Å². The van der Waals surface area contributed by atoms with Gasteiger partial charge in [-0.25, -0.2) is 4.98 Å². The molecule has 5 N–H and O–H groups in total. The van der Waals surface area contributed by atoms with Crippen molar-refractivity contribution in [1.82, 2.24) is 15.3 Å².